The SMILES string of the molecule is FC(F)(F)Sc1cc2c(cc1SC(F)(F)F)OCO2. The Kier molecular flexibility index (Phi) is 3.74. The number of hydrogen-bond donors (Lipinski definition) is 0. The van der Waals surface area contributed by atoms with E-state index in [9.17, 15) is 26.3 Å². The molecule has 0 aliphatic carbocycles. The van der Waals surface area contributed by atoms with Gasteiger partial charge in [0, 0.05) is 9.79 Å². The first-order chi connectivity index (χ1) is 8.64. The molecule has 0 fully saturated rings. The molecule has 106 valence electrons. The van der Waals surface area contributed by atoms with Gasteiger partial charge in [0.05, 0.1) is 0 Å². The Hall–Kier alpha value is -0.900. The lowest BCUT2D eigenvalue weighted by Crippen LogP contribution is -2.03. The van der Waals surface area contributed by atoms with E-state index in [1.165, 1.54) is 0 Å². The maximum Gasteiger partial charge on any atom is 0.446 e. The highest BCUT2D eigenvalue weighted by molar-refractivity contribution is 8.03. The van der Waals surface area contributed by atoms with Crippen LogP contribution in [0.3, 0.4) is 0 Å². The molecular formula is C9H4F6O2S2. The third-order valence-corrected chi connectivity index (χ3v) is 3.60. The van der Waals surface area contributed by atoms with Crippen LogP contribution in [0.2, 0.25) is 0 Å². The normalized spacial score (nSPS) is 14.8. The summed E-state index contributed by atoms with van der Waals surface area (Å²) in [7, 11) is 0. The lowest BCUT2D eigenvalue weighted by Gasteiger charge is -2.13. The molecule has 0 spiro atoms. The molecule has 1 aliphatic heterocycles. The number of hydrogen-bond acceptors (Lipinski definition) is 4. The lowest BCUT2D eigenvalue weighted by atomic mass is 10.3. The molecule has 1 aromatic rings. The molecule has 0 saturated carbocycles. The molecule has 0 unspecified atom stereocenters. The van der Waals surface area contributed by atoms with Crippen LogP contribution in [0.5, 0.6) is 11.5 Å². The quantitative estimate of drug-likeness (QED) is 0.583. The van der Waals surface area contributed by atoms with E-state index < -0.39 is 44.3 Å². The Bertz CT molecular complexity index is 442. The van der Waals surface area contributed by atoms with E-state index in [0.717, 1.165) is 12.1 Å². The van der Waals surface area contributed by atoms with Gasteiger partial charge in [0.15, 0.2) is 11.5 Å². The molecule has 0 bridgehead atoms. The summed E-state index contributed by atoms with van der Waals surface area (Å²) in [5.74, 6) is -0.00320. The van der Waals surface area contributed by atoms with Crippen LogP contribution in [0.15, 0.2) is 21.9 Å². The minimum Gasteiger partial charge on any atom is -0.454 e. The maximum atomic E-state index is 12.3. The van der Waals surface area contributed by atoms with Gasteiger partial charge in [-0.25, -0.2) is 0 Å². The standard InChI is InChI=1S/C9H4F6O2S2/c10-8(11,12)18-6-1-4-5(17-3-16-4)2-7(6)19-9(13,14)15/h1-2H,3H2. The van der Waals surface area contributed by atoms with Crippen molar-refractivity contribution in [2.24, 2.45) is 0 Å². The molecule has 2 rings (SSSR count). The number of halogens is 6. The first-order valence-corrected chi connectivity index (χ1v) is 6.22. The molecule has 0 saturated heterocycles. The summed E-state index contributed by atoms with van der Waals surface area (Å²) in [6, 6.07) is 1.79. The second kappa shape index (κ2) is 4.89. The molecule has 1 aromatic carbocycles. The molecule has 0 N–H and O–H groups in total. The van der Waals surface area contributed by atoms with Crippen molar-refractivity contribution in [1.82, 2.24) is 0 Å². The van der Waals surface area contributed by atoms with Crippen molar-refractivity contribution < 1.29 is 35.8 Å². The average Bonchev–Trinajstić information content (AvgIpc) is 2.60. The van der Waals surface area contributed by atoms with Crippen LogP contribution in [-0.2, 0) is 0 Å². The van der Waals surface area contributed by atoms with Gasteiger partial charge in [-0.1, -0.05) is 0 Å². The number of alkyl halides is 6. The monoisotopic (exact) mass is 322 g/mol. The zero-order valence-electron chi connectivity index (χ0n) is 8.76. The van der Waals surface area contributed by atoms with Gasteiger partial charge >= 0.3 is 11.0 Å². The summed E-state index contributed by atoms with van der Waals surface area (Å²) >= 11 is -1.24. The molecule has 0 atom stereocenters. The van der Waals surface area contributed by atoms with Crippen LogP contribution < -0.4 is 9.47 Å². The Labute approximate surface area is 111 Å². The van der Waals surface area contributed by atoms with E-state index >= 15 is 0 Å². The zero-order chi connectivity index (χ0) is 14.3. The predicted octanol–water partition coefficient (Wildman–Crippen LogP) is 4.64. The van der Waals surface area contributed by atoms with E-state index in [1.54, 1.807) is 0 Å². The molecule has 0 radical (unpaired) electrons. The summed E-state index contributed by atoms with van der Waals surface area (Å²) < 4.78 is 83.5. The van der Waals surface area contributed by atoms with Gasteiger partial charge in [0.25, 0.3) is 0 Å². The molecular weight excluding hydrogens is 318 g/mol. The number of ether oxygens (including phenoxy) is 2. The van der Waals surface area contributed by atoms with Crippen molar-refractivity contribution in [2.45, 2.75) is 20.8 Å². The Morgan fingerprint density at radius 1 is 0.789 bits per heavy atom. The van der Waals surface area contributed by atoms with Gasteiger partial charge in [-0.2, -0.15) is 26.3 Å². The summed E-state index contributed by atoms with van der Waals surface area (Å²) in [4.78, 5) is -1.14. The minimum absolute atomic E-state index is 0.00160. The summed E-state index contributed by atoms with van der Waals surface area (Å²) in [5, 5.41) is 0. The number of fused-ring (bicyclic) bond motifs is 1. The second-order valence-electron chi connectivity index (χ2n) is 3.25. The average molecular weight is 322 g/mol. The third-order valence-electron chi connectivity index (χ3n) is 1.89. The molecule has 0 aromatic heterocycles. The molecule has 10 heteroatoms. The summed E-state index contributed by atoms with van der Waals surface area (Å²) in [6.07, 6.45) is 0. The zero-order valence-corrected chi connectivity index (χ0v) is 10.4. The van der Waals surface area contributed by atoms with Crippen molar-refractivity contribution in [3.05, 3.63) is 12.1 Å². The van der Waals surface area contributed by atoms with Gasteiger partial charge in [-0.15, -0.1) is 0 Å². The Morgan fingerprint density at radius 3 is 1.47 bits per heavy atom. The van der Waals surface area contributed by atoms with Crippen LogP contribution in [0, 0.1) is 0 Å². The number of rotatable bonds is 2. The Balaban J connectivity index is 2.38. The minimum atomic E-state index is -4.69. The van der Waals surface area contributed by atoms with Crippen molar-refractivity contribution >= 4 is 23.5 Å². The fraction of sp³-hybridized carbons (Fsp3) is 0.333. The van der Waals surface area contributed by atoms with Crippen LogP contribution in [0.1, 0.15) is 0 Å². The fourth-order valence-electron chi connectivity index (χ4n) is 1.31. The maximum absolute atomic E-state index is 12.3. The van der Waals surface area contributed by atoms with Crippen LogP contribution in [-0.4, -0.2) is 17.8 Å². The van der Waals surface area contributed by atoms with E-state index in [0.29, 0.717) is 0 Å². The van der Waals surface area contributed by atoms with Gasteiger partial charge in [0.1, 0.15) is 0 Å². The van der Waals surface area contributed by atoms with Crippen molar-refractivity contribution in [1.29, 1.82) is 0 Å². The summed E-state index contributed by atoms with van der Waals surface area (Å²) in [6.45, 7) is -0.231. The largest absolute Gasteiger partial charge is 0.454 e. The van der Waals surface area contributed by atoms with E-state index in [-0.39, 0.29) is 18.3 Å². The lowest BCUT2D eigenvalue weighted by molar-refractivity contribution is -0.0346. The van der Waals surface area contributed by atoms with Crippen LogP contribution in [0.25, 0.3) is 0 Å². The van der Waals surface area contributed by atoms with Crippen LogP contribution >= 0.6 is 23.5 Å². The van der Waals surface area contributed by atoms with E-state index in [1.807, 2.05) is 0 Å². The molecule has 2 nitrogen and oxygen atoms in total. The highest BCUT2D eigenvalue weighted by Crippen LogP contribution is 2.50. The predicted molar refractivity (Wildman–Crippen MR) is 56.4 cm³/mol. The van der Waals surface area contributed by atoms with Crippen molar-refractivity contribution in [2.75, 3.05) is 6.79 Å². The van der Waals surface area contributed by atoms with Crippen LogP contribution in [0.4, 0.5) is 26.3 Å². The number of thioether (sulfide) groups is 2. The number of benzene rings is 1. The third kappa shape index (κ3) is 4.03. The highest BCUT2D eigenvalue weighted by atomic mass is 32.2. The van der Waals surface area contributed by atoms with Gasteiger partial charge in [-0.05, 0) is 35.7 Å². The molecule has 0 amide bonds. The smallest absolute Gasteiger partial charge is 0.446 e. The van der Waals surface area contributed by atoms with E-state index in [4.69, 9.17) is 9.47 Å². The Morgan fingerprint density at radius 2 is 1.16 bits per heavy atom. The molecule has 1 heterocycles. The van der Waals surface area contributed by atoms with E-state index in [2.05, 4.69) is 0 Å². The van der Waals surface area contributed by atoms with Crippen molar-refractivity contribution in [3.63, 3.8) is 0 Å². The van der Waals surface area contributed by atoms with Gasteiger partial charge in [-0.3, -0.25) is 0 Å². The first kappa shape index (κ1) is 14.5. The second-order valence-corrected chi connectivity index (χ2v) is 5.46. The van der Waals surface area contributed by atoms with Crippen molar-refractivity contribution in [3.8, 4) is 11.5 Å². The highest BCUT2D eigenvalue weighted by Gasteiger charge is 2.36. The van der Waals surface area contributed by atoms with Gasteiger partial charge < -0.3 is 9.47 Å². The molecule has 19 heavy (non-hydrogen) atoms. The van der Waals surface area contributed by atoms with Gasteiger partial charge in [0.2, 0.25) is 6.79 Å². The summed E-state index contributed by atoms with van der Waals surface area (Å²) in [5.41, 5.74) is -9.37. The topological polar surface area (TPSA) is 18.5 Å². The fourth-order valence-corrected chi connectivity index (χ4v) is 2.71. The molecule has 1 aliphatic rings. The first-order valence-electron chi connectivity index (χ1n) is 4.59.